The van der Waals surface area contributed by atoms with Crippen LogP contribution in [0.2, 0.25) is 0 Å². The largest absolute Gasteiger partial charge is 0.374 e. The number of allylic oxidation sites excluding steroid dienone is 2. The van der Waals surface area contributed by atoms with Gasteiger partial charge in [0.15, 0.2) is 0 Å². The second-order valence-corrected chi connectivity index (χ2v) is 5.11. The summed E-state index contributed by atoms with van der Waals surface area (Å²) in [4.78, 5) is 2.24. The summed E-state index contributed by atoms with van der Waals surface area (Å²) in [5.74, 6) is 0.927. The van der Waals surface area contributed by atoms with E-state index in [4.69, 9.17) is 15.7 Å². The van der Waals surface area contributed by atoms with E-state index in [-0.39, 0.29) is 5.44 Å². The maximum absolute atomic E-state index is 6.49. The first kappa shape index (κ1) is 10.9. The fourth-order valence-electron chi connectivity index (χ4n) is 2.84. The topological polar surface area (TPSA) is 3.24 Å². The molecule has 0 N–H and O–H groups in total. The first-order valence-electron chi connectivity index (χ1n) is 5.57. The van der Waals surface area contributed by atoms with Gasteiger partial charge in [0.1, 0.15) is 15.7 Å². The molecule has 0 saturated carbocycles. The van der Waals surface area contributed by atoms with Crippen LogP contribution in [0, 0.1) is 11.8 Å². The van der Waals surface area contributed by atoms with E-state index in [0.29, 0.717) is 11.8 Å². The molecule has 0 spiro atoms. The lowest BCUT2D eigenvalue weighted by Gasteiger charge is -2.33. The number of hydrogen-bond donors (Lipinski definition) is 0. The maximum Gasteiger partial charge on any atom is 0.107 e. The molecule has 2 heterocycles. The van der Waals surface area contributed by atoms with Gasteiger partial charge in [0, 0.05) is 17.7 Å². The first-order chi connectivity index (χ1) is 6.88. The molecule has 3 heteroatoms. The van der Waals surface area contributed by atoms with Gasteiger partial charge in [-0.1, -0.05) is 32.9 Å². The van der Waals surface area contributed by atoms with Crippen LogP contribution in [0.5, 0.6) is 0 Å². The van der Waals surface area contributed by atoms with Gasteiger partial charge in [-0.25, -0.2) is 0 Å². The minimum atomic E-state index is -0.244. The molecule has 76 valence electrons. The summed E-state index contributed by atoms with van der Waals surface area (Å²) in [5.41, 5.74) is 3.12. The monoisotopic (exact) mass is 197 g/mol. The predicted octanol–water partition coefficient (Wildman–Crippen LogP) is 1.80. The van der Waals surface area contributed by atoms with Gasteiger partial charge in [0.05, 0.1) is 0 Å². The molecule has 0 bridgehead atoms. The van der Waals surface area contributed by atoms with Crippen molar-refractivity contribution in [2.24, 2.45) is 11.8 Å². The van der Waals surface area contributed by atoms with Crippen molar-refractivity contribution in [3.63, 3.8) is 0 Å². The third kappa shape index (κ3) is 1.32. The zero-order chi connectivity index (χ0) is 11.4. The zero-order valence-electron chi connectivity index (χ0n) is 9.88. The molecule has 0 aromatic heterocycles. The quantitative estimate of drug-likeness (QED) is 0.535. The van der Waals surface area contributed by atoms with Crippen molar-refractivity contribution in [3.05, 3.63) is 23.3 Å². The third-order valence-corrected chi connectivity index (χ3v) is 4.32. The van der Waals surface area contributed by atoms with E-state index in [1.807, 2.05) is 6.92 Å². The van der Waals surface area contributed by atoms with Gasteiger partial charge in [-0.2, -0.15) is 0 Å². The van der Waals surface area contributed by atoms with Crippen molar-refractivity contribution in [2.45, 2.75) is 32.6 Å². The van der Waals surface area contributed by atoms with Gasteiger partial charge in [-0.3, -0.25) is 0 Å². The molecular formula is C12H17B2N. The molecule has 2 aliphatic heterocycles. The molecular weight excluding hydrogens is 180 g/mol. The minimum Gasteiger partial charge on any atom is -0.374 e. The number of fused-ring (bicyclic) bond motifs is 1. The summed E-state index contributed by atoms with van der Waals surface area (Å²) in [7, 11) is 12.3. The fourth-order valence-corrected chi connectivity index (χ4v) is 2.84. The molecule has 1 nitrogen and oxygen atoms in total. The molecule has 0 aromatic carbocycles. The second kappa shape index (κ2) is 3.20. The Balaban J connectivity index is 2.38. The standard InChI is InChI=1S/C12H17B2N/c1-7-8(2)12(14)5-11(9(3)13)6-15(12)10(7)4/h7-8H,4-6H2,1-3H3/b11-9+. The number of hydrogen-bond acceptors (Lipinski definition) is 1. The second-order valence-electron chi connectivity index (χ2n) is 5.11. The van der Waals surface area contributed by atoms with Crippen LogP contribution in [-0.2, 0) is 0 Å². The number of rotatable bonds is 0. The maximum atomic E-state index is 6.49. The Bertz CT molecular complexity index is 344. The highest BCUT2D eigenvalue weighted by molar-refractivity contribution is 6.22. The molecule has 3 atom stereocenters. The molecule has 2 fully saturated rings. The minimum absolute atomic E-state index is 0.244. The van der Waals surface area contributed by atoms with Crippen LogP contribution in [0.25, 0.3) is 0 Å². The molecule has 2 rings (SSSR count). The Hall–Kier alpha value is -0.590. The SMILES string of the molecule is [B]/C(C)=C1/CN2C(=C)C(C)C(C)C2([B])C1. The third-order valence-electron chi connectivity index (χ3n) is 4.32. The van der Waals surface area contributed by atoms with E-state index >= 15 is 0 Å². The summed E-state index contributed by atoms with van der Waals surface area (Å²) >= 11 is 0. The van der Waals surface area contributed by atoms with Crippen molar-refractivity contribution in [1.82, 2.24) is 4.90 Å². The summed E-state index contributed by atoms with van der Waals surface area (Å²) in [5, 5.41) is 0. The molecule has 0 amide bonds. The van der Waals surface area contributed by atoms with E-state index in [0.717, 1.165) is 18.4 Å². The van der Waals surface area contributed by atoms with Crippen molar-refractivity contribution in [1.29, 1.82) is 0 Å². The Morgan fingerprint density at radius 3 is 2.60 bits per heavy atom. The highest BCUT2D eigenvalue weighted by Crippen LogP contribution is 2.50. The Labute approximate surface area is 95.4 Å². The molecule has 0 aliphatic carbocycles. The predicted molar refractivity (Wildman–Crippen MR) is 65.7 cm³/mol. The summed E-state index contributed by atoms with van der Waals surface area (Å²) in [6.45, 7) is 11.4. The van der Waals surface area contributed by atoms with Crippen LogP contribution in [0.3, 0.4) is 0 Å². The zero-order valence-corrected chi connectivity index (χ0v) is 9.88. The van der Waals surface area contributed by atoms with E-state index in [1.165, 1.54) is 11.3 Å². The van der Waals surface area contributed by atoms with Gasteiger partial charge >= 0.3 is 0 Å². The van der Waals surface area contributed by atoms with Gasteiger partial charge in [-0.05, 0) is 18.3 Å². The van der Waals surface area contributed by atoms with Crippen molar-refractivity contribution >= 4 is 15.7 Å². The fraction of sp³-hybridized carbons (Fsp3) is 0.667. The first-order valence-corrected chi connectivity index (χ1v) is 5.57. The molecule has 3 unspecified atom stereocenters. The highest BCUT2D eigenvalue weighted by atomic mass is 15.3. The van der Waals surface area contributed by atoms with E-state index < -0.39 is 0 Å². The molecule has 15 heavy (non-hydrogen) atoms. The van der Waals surface area contributed by atoms with E-state index in [9.17, 15) is 0 Å². The summed E-state index contributed by atoms with van der Waals surface area (Å²) < 4.78 is 0. The Morgan fingerprint density at radius 1 is 1.53 bits per heavy atom. The average molecular weight is 197 g/mol. The average Bonchev–Trinajstić information content (AvgIpc) is 2.60. The van der Waals surface area contributed by atoms with Crippen molar-refractivity contribution < 1.29 is 0 Å². The van der Waals surface area contributed by atoms with Crippen molar-refractivity contribution in [3.8, 4) is 0 Å². The molecule has 2 aliphatic rings. The van der Waals surface area contributed by atoms with Crippen LogP contribution in [0.1, 0.15) is 27.2 Å². The van der Waals surface area contributed by atoms with Crippen LogP contribution in [0.15, 0.2) is 23.3 Å². The van der Waals surface area contributed by atoms with Crippen LogP contribution in [-0.4, -0.2) is 32.6 Å². The van der Waals surface area contributed by atoms with Gasteiger partial charge < -0.3 is 4.90 Å². The van der Waals surface area contributed by atoms with Gasteiger partial charge in [-0.15, -0.1) is 5.47 Å². The van der Waals surface area contributed by atoms with Gasteiger partial charge in [0.2, 0.25) is 0 Å². The molecule has 2 saturated heterocycles. The Morgan fingerprint density at radius 2 is 2.13 bits per heavy atom. The van der Waals surface area contributed by atoms with Crippen LogP contribution in [0.4, 0.5) is 0 Å². The molecule has 4 radical (unpaired) electrons. The summed E-state index contributed by atoms with van der Waals surface area (Å²) in [6.07, 6.45) is 0.889. The summed E-state index contributed by atoms with van der Waals surface area (Å²) in [6, 6.07) is 0. The lowest BCUT2D eigenvalue weighted by Crippen LogP contribution is -2.42. The highest BCUT2D eigenvalue weighted by Gasteiger charge is 2.51. The smallest absolute Gasteiger partial charge is 0.107 e. The van der Waals surface area contributed by atoms with Crippen LogP contribution < -0.4 is 0 Å². The normalized spacial score (nSPS) is 43.4. The van der Waals surface area contributed by atoms with Crippen LogP contribution >= 0.6 is 0 Å². The van der Waals surface area contributed by atoms with Gasteiger partial charge in [0.25, 0.3) is 0 Å². The number of nitrogens with zero attached hydrogens (tertiary/aromatic N) is 1. The lowest BCUT2D eigenvalue weighted by atomic mass is 9.65. The van der Waals surface area contributed by atoms with Crippen molar-refractivity contribution in [2.75, 3.05) is 6.54 Å². The lowest BCUT2D eigenvalue weighted by molar-refractivity contribution is 0.272. The van der Waals surface area contributed by atoms with E-state index in [2.05, 4.69) is 25.3 Å². The Kier molecular flexibility index (Phi) is 2.33. The molecule has 0 aromatic rings. The van der Waals surface area contributed by atoms with E-state index in [1.54, 1.807) is 0 Å².